The van der Waals surface area contributed by atoms with E-state index in [1.54, 1.807) is 13.9 Å². The van der Waals surface area contributed by atoms with Gasteiger partial charge in [-0.25, -0.2) is 0 Å². The number of ether oxygens (including phenoxy) is 1. The Kier molecular flexibility index (Phi) is 3.32. The molecule has 5 heteroatoms. The van der Waals surface area contributed by atoms with Crippen molar-refractivity contribution in [3.8, 4) is 5.75 Å². The second-order valence-electron chi connectivity index (χ2n) is 5.29. The molecular formula is C15H18BNO3. The fraction of sp³-hybridized carbons (Fsp3) is 0.333. The third-order valence-corrected chi connectivity index (χ3v) is 4.03. The van der Waals surface area contributed by atoms with Gasteiger partial charge in [0.1, 0.15) is 5.75 Å². The Bertz CT molecular complexity index is 644. The van der Waals surface area contributed by atoms with Crippen molar-refractivity contribution in [2.24, 2.45) is 0 Å². The first-order valence-corrected chi connectivity index (χ1v) is 6.83. The fourth-order valence-corrected chi connectivity index (χ4v) is 2.94. The number of hydrogen-bond acceptors (Lipinski definition) is 4. The number of fused-ring (bicyclic) bond motifs is 2. The zero-order chi connectivity index (χ0) is 14.3. The van der Waals surface area contributed by atoms with Crippen molar-refractivity contribution in [2.45, 2.75) is 19.3 Å². The van der Waals surface area contributed by atoms with E-state index < -0.39 is 7.05 Å². The summed E-state index contributed by atoms with van der Waals surface area (Å²) < 4.78 is 5.43. The van der Waals surface area contributed by atoms with Crippen LogP contribution in [0.15, 0.2) is 30.3 Å². The SMILES string of the molecule is CO[C@H]1Cc2c(cc3ccccc3c2O)N(B(C)O)C1. The van der Waals surface area contributed by atoms with Crippen molar-refractivity contribution >= 4 is 23.5 Å². The summed E-state index contributed by atoms with van der Waals surface area (Å²) in [4.78, 5) is 1.87. The molecule has 4 nitrogen and oxygen atoms in total. The van der Waals surface area contributed by atoms with Crippen LogP contribution in [0.5, 0.6) is 5.75 Å². The highest BCUT2D eigenvalue weighted by molar-refractivity contribution is 6.54. The molecule has 104 valence electrons. The summed E-state index contributed by atoms with van der Waals surface area (Å²) in [5.41, 5.74) is 1.74. The van der Waals surface area contributed by atoms with Gasteiger partial charge in [-0.3, -0.25) is 0 Å². The highest BCUT2D eigenvalue weighted by Crippen LogP contribution is 2.40. The zero-order valence-corrected chi connectivity index (χ0v) is 11.7. The number of hydrogen-bond donors (Lipinski definition) is 2. The monoisotopic (exact) mass is 271 g/mol. The Hall–Kier alpha value is -1.72. The molecule has 0 saturated heterocycles. The van der Waals surface area contributed by atoms with E-state index in [9.17, 15) is 10.1 Å². The molecule has 0 aromatic heterocycles. The minimum absolute atomic E-state index is 0.0239. The van der Waals surface area contributed by atoms with Crippen LogP contribution in [0.25, 0.3) is 10.8 Å². The van der Waals surface area contributed by atoms with E-state index in [0.717, 1.165) is 22.0 Å². The molecule has 0 fully saturated rings. The second kappa shape index (κ2) is 5.00. The smallest absolute Gasteiger partial charge is 0.409 e. The van der Waals surface area contributed by atoms with Crippen molar-refractivity contribution in [2.75, 3.05) is 18.5 Å². The first kappa shape index (κ1) is 13.3. The standard InChI is InChI=1S/C15H18BNO3/c1-16(19)17-9-11(20-2)8-13-14(17)7-10-5-3-4-6-12(10)15(13)18/h3-7,11,18-19H,8-9H2,1-2H3/t11-/m0/s1. The van der Waals surface area contributed by atoms with Gasteiger partial charge in [-0.1, -0.05) is 24.3 Å². The van der Waals surface area contributed by atoms with Gasteiger partial charge in [0.2, 0.25) is 0 Å². The number of rotatable bonds is 2. The van der Waals surface area contributed by atoms with Crippen LogP contribution in [0.2, 0.25) is 6.82 Å². The summed E-state index contributed by atoms with van der Waals surface area (Å²) in [5.74, 6) is 0.297. The fourth-order valence-electron chi connectivity index (χ4n) is 2.94. The second-order valence-corrected chi connectivity index (χ2v) is 5.29. The number of aromatic hydroxyl groups is 1. The Labute approximate surface area is 118 Å². The number of methoxy groups -OCH3 is 1. The van der Waals surface area contributed by atoms with Gasteiger partial charge >= 0.3 is 7.05 Å². The van der Waals surface area contributed by atoms with Crippen LogP contribution in [-0.2, 0) is 11.2 Å². The predicted molar refractivity (Wildman–Crippen MR) is 81.3 cm³/mol. The minimum atomic E-state index is -0.618. The lowest BCUT2D eigenvalue weighted by atomic mass is 9.80. The van der Waals surface area contributed by atoms with Gasteiger partial charge in [0.25, 0.3) is 0 Å². The number of nitrogens with zero attached hydrogens (tertiary/aromatic N) is 1. The van der Waals surface area contributed by atoms with Crippen LogP contribution in [0, 0.1) is 0 Å². The maximum absolute atomic E-state index is 10.5. The van der Waals surface area contributed by atoms with Gasteiger partial charge < -0.3 is 19.7 Å². The molecule has 0 radical (unpaired) electrons. The van der Waals surface area contributed by atoms with Gasteiger partial charge in [-0.15, -0.1) is 0 Å². The molecular weight excluding hydrogens is 253 g/mol. The summed E-state index contributed by atoms with van der Waals surface area (Å²) in [6.07, 6.45) is 0.635. The Morgan fingerprint density at radius 1 is 1.35 bits per heavy atom. The summed E-state index contributed by atoms with van der Waals surface area (Å²) in [6, 6.07) is 9.77. The molecule has 0 unspecified atom stereocenters. The number of anilines is 1. The van der Waals surface area contributed by atoms with Crippen molar-refractivity contribution in [1.29, 1.82) is 0 Å². The molecule has 3 rings (SSSR count). The van der Waals surface area contributed by atoms with E-state index >= 15 is 0 Å². The predicted octanol–water partition coefficient (Wildman–Crippen LogP) is 2.03. The van der Waals surface area contributed by atoms with Crippen LogP contribution in [0.4, 0.5) is 5.69 Å². The van der Waals surface area contributed by atoms with Crippen molar-refractivity contribution in [1.82, 2.24) is 0 Å². The molecule has 0 bridgehead atoms. The topological polar surface area (TPSA) is 52.9 Å². The molecule has 2 aromatic carbocycles. The normalized spacial score (nSPS) is 18.1. The molecule has 1 heterocycles. The van der Waals surface area contributed by atoms with Crippen LogP contribution in [0.1, 0.15) is 5.56 Å². The first-order valence-electron chi connectivity index (χ1n) is 6.83. The van der Waals surface area contributed by atoms with E-state index in [1.807, 2.05) is 35.1 Å². The van der Waals surface area contributed by atoms with E-state index in [1.165, 1.54) is 0 Å². The molecule has 2 aromatic rings. The van der Waals surface area contributed by atoms with E-state index in [-0.39, 0.29) is 6.10 Å². The average molecular weight is 271 g/mol. The molecule has 0 spiro atoms. The third kappa shape index (κ3) is 2.03. The number of benzene rings is 2. The van der Waals surface area contributed by atoms with Crippen LogP contribution < -0.4 is 4.81 Å². The maximum atomic E-state index is 10.5. The molecule has 1 atom stereocenters. The molecule has 2 N–H and O–H groups in total. The quantitative estimate of drug-likeness (QED) is 0.821. The van der Waals surface area contributed by atoms with Gasteiger partial charge in [0.05, 0.1) is 6.10 Å². The van der Waals surface area contributed by atoms with Crippen molar-refractivity contribution < 1.29 is 14.9 Å². The van der Waals surface area contributed by atoms with Gasteiger partial charge in [0.15, 0.2) is 0 Å². The maximum Gasteiger partial charge on any atom is 0.409 e. The molecule has 0 amide bonds. The minimum Gasteiger partial charge on any atom is -0.507 e. The zero-order valence-electron chi connectivity index (χ0n) is 11.7. The number of phenolic OH excluding ortho intramolecular Hbond substituents is 1. The molecule has 1 aliphatic heterocycles. The summed E-state index contributed by atoms with van der Waals surface area (Å²) in [6.45, 7) is 2.35. The van der Waals surface area contributed by atoms with E-state index in [0.29, 0.717) is 18.7 Å². The molecule has 0 aliphatic carbocycles. The lowest BCUT2D eigenvalue weighted by Gasteiger charge is -2.37. The van der Waals surface area contributed by atoms with Gasteiger partial charge in [0, 0.05) is 36.7 Å². The highest BCUT2D eigenvalue weighted by atomic mass is 16.5. The van der Waals surface area contributed by atoms with E-state index in [2.05, 4.69) is 0 Å². The largest absolute Gasteiger partial charge is 0.507 e. The summed E-state index contributed by atoms with van der Waals surface area (Å²) in [5, 5.41) is 22.4. The highest BCUT2D eigenvalue weighted by Gasteiger charge is 2.31. The van der Waals surface area contributed by atoms with Crippen LogP contribution >= 0.6 is 0 Å². The Balaban J connectivity index is 2.23. The summed E-state index contributed by atoms with van der Waals surface area (Å²) >= 11 is 0. The van der Waals surface area contributed by atoms with Gasteiger partial charge in [-0.2, -0.15) is 0 Å². The average Bonchev–Trinajstić information content (AvgIpc) is 2.46. The third-order valence-electron chi connectivity index (χ3n) is 4.03. The van der Waals surface area contributed by atoms with Gasteiger partial charge in [-0.05, 0) is 18.3 Å². The Morgan fingerprint density at radius 2 is 2.10 bits per heavy atom. The Morgan fingerprint density at radius 3 is 2.80 bits per heavy atom. The van der Waals surface area contributed by atoms with Crippen LogP contribution in [0.3, 0.4) is 0 Å². The van der Waals surface area contributed by atoms with E-state index in [4.69, 9.17) is 4.74 Å². The molecule has 1 aliphatic rings. The summed E-state index contributed by atoms with van der Waals surface area (Å²) in [7, 11) is 1.04. The molecule has 20 heavy (non-hydrogen) atoms. The van der Waals surface area contributed by atoms with Crippen molar-refractivity contribution in [3.05, 3.63) is 35.9 Å². The van der Waals surface area contributed by atoms with Crippen molar-refractivity contribution in [3.63, 3.8) is 0 Å². The number of phenols is 1. The first-order chi connectivity index (χ1) is 9.61. The molecule has 0 saturated carbocycles. The van der Waals surface area contributed by atoms with Crippen LogP contribution in [-0.4, -0.2) is 36.9 Å². The lowest BCUT2D eigenvalue weighted by Crippen LogP contribution is -2.47. The lowest BCUT2D eigenvalue weighted by molar-refractivity contribution is 0.106.